The van der Waals surface area contributed by atoms with Gasteiger partial charge < -0.3 is 39.4 Å². The van der Waals surface area contributed by atoms with Crippen molar-refractivity contribution in [3.63, 3.8) is 0 Å². The highest BCUT2D eigenvalue weighted by Gasteiger charge is 2.93. The van der Waals surface area contributed by atoms with E-state index in [1.54, 1.807) is 0 Å². The average molecular weight is 342 g/mol. The van der Waals surface area contributed by atoms with Crippen LogP contribution in [-0.2, 0) is 18.9 Å². The topological polar surface area (TPSA) is 118 Å². The Labute approximate surface area is 138 Å². The maximum absolute atomic E-state index is 10.8. The third-order valence-corrected chi connectivity index (χ3v) is 8.09. The molecule has 2 saturated carbocycles. The lowest BCUT2D eigenvalue weighted by molar-refractivity contribution is -0.276. The first-order valence-electron chi connectivity index (χ1n) is 8.76. The van der Waals surface area contributed by atoms with Crippen molar-refractivity contribution >= 4 is 0 Å². The second-order valence-corrected chi connectivity index (χ2v) is 8.40. The molecular weight excluding hydrogens is 320 g/mol. The van der Waals surface area contributed by atoms with E-state index >= 15 is 0 Å². The van der Waals surface area contributed by atoms with Gasteiger partial charge in [-0.05, 0) is 19.3 Å². The fourth-order valence-corrected chi connectivity index (χ4v) is 7.43. The Morgan fingerprint density at radius 2 is 1.79 bits per heavy atom. The second-order valence-electron chi connectivity index (χ2n) is 8.40. The monoisotopic (exact) mass is 342 g/mol. The van der Waals surface area contributed by atoms with Crippen LogP contribution in [0.5, 0.6) is 0 Å². The fraction of sp³-hybridized carbons (Fsp3) is 1.00. The number of hydrogen-bond acceptors (Lipinski definition) is 8. The zero-order valence-electron chi connectivity index (χ0n) is 13.2. The molecule has 0 aromatic rings. The molecule has 0 aromatic heterocycles. The van der Waals surface area contributed by atoms with Crippen LogP contribution in [0.2, 0.25) is 0 Å². The quantitative estimate of drug-likeness (QED) is 0.427. The molecule has 8 heteroatoms. The van der Waals surface area contributed by atoms with Crippen LogP contribution in [0, 0.1) is 22.7 Å². The van der Waals surface area contributed by atoms with Crippen LogP contribution in [-0.4, -0.2) is 69.5 Å². The van der Waals surface area contributed by atoms with Gasteiger partial charge >= 0.3 is 0 Å². The van der Waals surface area contributed by atoms with E-state index in [4.69, 9.17) is 18.9 Å². The normalized spacial score (nSPS) is 72.1. The first kappa shape index (κ1) is 14.8. The van der Waals surface area contributed by atoms with E-state index in [0.29, 0.717) is 19.3 Å². The van der Waals surface area contributed by atoms with Crippen LogP contribution in [0.4, 0.5) is 0 Å². The van der Waals surface area contributed by atoms with Gasteiger partial charge in [0.2, 0.25) is 0 Å². The fourth-order valence-electron chi connectivity index (χ4n) is 7.43. The minimum absolute atomic E-state index is 0.232. The highest BCUT2D eigenvalue weighted by atomic mass is 16.8. The van der Waals surface area contributed by atoms with E-state index < -0.39 is 47.7 Å². The highest BCUT2D eigenvalue weighted by Crippen LogP contribution is 2.82. The third kappa shape index (κ3) is 1.10. The number of fused-ring (bicyclic) bond motifs is 1. The summed E-state index contributed by atoms with van der Waals surface area (Å²) in [6.45, 7) is 1.88. The molecule has 4 aliphatic heterocycles. The van der Waals surface area contributed by atoms with E-state index in [2.05, 4.69) is 0 Å². The third-order valence-electron chi connectivity index (χ3n) is 8.09. The molecule has 4 N–H and O–H groups in total. The van der Waals surface area contributed by atoms with Crippen molar-refractivity contribution in [1.29, 1.82) is 0 Å². The van der Waals surface area contributed by atoms with Gasteiger partial charge in [-0.25, -0.2) is 0 Å². The van der Waals surface area contributed by atoms with Gasteiger partial charge in [0.15, 0.2) is 25.2 Å². The summed E-state index contributed by atoms with van der Waals surface area (Å²) in [4.78, 5) is 0. The molecule has 24 heavy (non-hydrogen) atoms. The number of aliphatic hydroxyl groups is 4. The summed E-state index contributed by atoms with van der Waals surface area (Å²) in [5.41, 5.74) is -2.57. The van der Waals surface area contributed by atoms with E-state index in [1.165, 1.54) is 0 Å². The SMILES string of the molecule is C[C@@H]1C(O)OC2CC34C5CCC36C(O[C@H](O)[C@@H]6O)OC4(C21)[C@H](O)O5. The number of rotatable bonds is 0. The molecule has 6 fully saturated rings. The van der Waals surface area contributed by atoms with Crippen molar-refractivity contribution < 1.29 is 39.4 Å². The summed E-state index contributed by atoms with van der Waals surface area (Å²) >= 11 is 0. The summed E-state index contributed by atoms with van der Waals surface area (Å²) in [5, 5.41) is 41.9. The Balaban J connectivity index is 1.60. The Morgan fingerprint density at radius 1 is 1.00 bits per heavy atom. The van der Waals surface area contributed by atoms with Gasteiger partial charge in [-0.1, -0.05) is 6.92 Å². The molecule has 0 bridgehead atoms. The molecule has 8 nitrogen and oxygen atoms in total. The first-order chi connectivity index (χ1) is 11.4. The van der Waals surface area contributed by atoms with Gasteiger partial charge in [0.05, 0.1) is 17.6 Å². The van der Waals surface area contributed by atoms with E-state index in [0.717, 1.165) is 0 Å². The Bertz CT molecular complexity index is 615. The van der Waals surface area contributed by atoms with Crippen LogP contribution < -0.4 is 0 Å². The van der Waals surface area contributed by atoms with Crippen LogP contribution in [0.1, 0.15) is 26.2 Å². The summed E-state index contributed by atoms with van der Waals surface area (Å²) in [6.07, 6.45) is -4.00. The minimum atomic E-state index is -1.30. The van der Waals surface area contributed by atoms with Crippen LogP contribution in [0.3, 0.4) is 0 Å². The Kier molecular flexibility index (Phi) is 2.46. The standard InChI is InChI=1S/C16H22O8/c1-5-8-6(21-10(5)18)4-15-7-2-3-14(15)9(17)11(19)23-13(14)24-16(8,15)12(20)22-7/h5-13,17-20H,2-4H2,1H3/t5-,6?,7?,8?,9-,10?,11-,12+,13?,14?,15?,16?/m0/s1. The van der Waals surface area contributed by atoms with Gasteiger partial charge in [0, 0.05) is 17.3 Å². The summed E-state index contributed by atoms with van der Waals surface area (Å²) in [7, 11) is 0. The zero-order valence-corrected chi connectivity index (χ0v) is 13.2. The first-order valence-corrected chi connectivity index (χ1v) is 8.76. The largest absolute Gasteiger partial charge is 0.387 e. The lowest BCUT2D eigenvalue weighted by Gasteiger charge is -2.44. The lowest BCUT2D eigenvalue weighted by Crippen LogP contribution is -2.58. The van der Waals surface area contributed by atoms with Gasteiger partial charge in [-0.15, -0.1) is 0 Å². The maximum Gasteiger partial charge on any atom is 0.185 e. The lowest BCUT2D eigenvalue weighted by atomic mass is 9.57. The summed E-state index contributed by atoms with van der Waals surface area (Å²) in [6, 6.07) is 0. The smallest absolute Gasteiger partial charge is 0.185 e. The van der Waals surface area contributed by atoms with Crippen molar-refractivity contribution in [2.75, 3.05) is 0 Å². The van der Waals surface area contributed by atoms with E-state index in [-0.39, 0.29) is 24.0 Å². The molecule has 8 unspecified atom stereocenters. The summed E-state index contributed by atoms with van der Waals surface area (Å²) < 4.78 is 23.5. The zero-order chi connectivity index (χ0) is 16.6. The molecule has 4 saturated heterocycles. The predicted molar refractivity (Wildman–Crippen MR) is 73.8 cm³/mol. The van der Waals surface area contributed by atoms with Gasteiger partial charge in [0.25, 0.3) is 0 Å². The number of hydrogen-bond donors (Lipinski definition) is 4. The molecule has 4 heterocycles. The van der Waals surface area contributed by atoms with E-state index in [1.807, 2.05) is 6.92 Å². The molecule has 2 aliphatic carbocycles. The average Bonchev–Trinajstić information content (AvgIpc) is 3.24. The van der Waals surface area contributed by atoms with Gasteiger partial charge in [0.1, 0.15) is 11.7 Å². The molecule has 134 valence electrons. The predicted octanol–water partition coefficient (Wildman–Crippen LogP) is -1.35. The van der Waals surface area contributed by atoms with Gasteiger partial charge in [-0.3, -0.25) is 0 Å². The molecule has 0 radical (unpaired) electrons. The van der Waals surface area contributed by atoms with Crippen molar-refractivity contribution in [2.45, 2.75) is 75.3 Å². The number of aliphatic hydroxyl groups excluding tert-OH is 4. The van der Waals surface area contributed by atoms with Crippen molar-refractivity contribution in [2.24, 2.45) is 22.7 Å². The molecule has 2 spiro atoms. The van der Waals surface area contributed by atoms with Crippen LogP contribution in [0.25, 0.3) is 0 Å². The van der Waals surface area contributed by atoms with Gasteiger partial charge in [-0.2, -0.15) is 0 Å². The molecule has 6 rings (SSSR count). The number of ether oxygens (including phenoxy) is 4. The molecule has 12 atom stereocenters. The molecule has 0 aromatic carbocycles. The maximum atomic E-state index is 10.8. The molecular formula is C16H22O8. The van der Waals surface area contributed by atoms with Crippen molar-refractivity contribution in [3.8, 4) is 0 Å². The van der Waals surface area contributed by atoms with Crippen LogP contribution in [0.15, 0.2) is 0 Å². The van der Waals surface area contributed by atoms with Crippen LogP contribution >= 0.6 is 0 Å². The summed E-state index contributed by atoms with van der Waals surface area (Å²) in [5.74, 6) is -0.481. The molecule has 0 amide bonds. The Morgan fingerprint density at radius 3 is 2.58 bits per heavy atom. The van der Waals surface area contributed by atoms with Crippen molar-refractivity contribution in [1.82, 2.24) is 0 Å². The highest BCUT2D eigenvalue weighted by molar-refractivity contribution is 5.35. The Hall–Kier alpha value is -0.320. The minimum Gasteiger partial charge on any atom is -0.387 e. The van der Waals surface area contributed by atoms with Crippen molar-refractivity contribution in [3.05, 3.63) is 0 Å². The molecule has 6 aliphatic rings. The van der Waals surface area contributed by atoms with E-state index in [9.17, 15) is 20.4 Å². The second kappa shape index (κ2) is 3.99.